The van der Waals surface area contributed by atoms with Crippen molar-refractivity contribution in [3.63, 3.8) is 0 Å². The minimum Gasteiger partial charge on any atom is -0.493 e. The van der Waals surface area contributed by atoms with Gasteiger partial charge in [-0.25, -0.2) is 0 Å². The summed E-state index contributed by atoms with van der Waals surface area (Å²) in [4.78, 5) is 14.1. The molecule has 1 saturated heterocycles. The zero-order valence-electron chi connectivity index (χ0n) is 9.13. The topological polar surface area (TPSA) is 88.3 Å². The number of hydrogen-bond donors (Lipinski definition) is 2. The van der Waals surface area contributed by atoms with Gasteiger partial charge in [0.15, 0.2) is 0 Å². The van der Waals surface area contributed by atoms with Crippen LogP contribution in [0.5, 0.6) is 5.88 Å². The molecule has 7 heteroatoms. The van der Waals surface area contributed by atoms with E-state index in [4.69, 9.17) is 0 Å². The number of rotatable bonds is 3. The Morgan fingerprint density at radius 2 is 2.18 bits per heavy atom. The van der Waals surface area contributed by atoms with Gasteiger partial charge in [0.1, 0.15) is 0 Å². The second-order valence-electron chi connectivity index (χ2n) is 3.83. The van der Waals surface area contributed by atoms with E-state index < -0.39 is 4.92 Å². The summed E-state index contributed by atoms with van der Waals surface area (Å²) in [7, 11) is 0. The van der Waals surface area contributed by atoms with E-state index in [2.05, 4.69) is 10.3 Å². The minimum absolute atomic E-state index is 0.0963. The predicted molar refractivity (Wildman–Crippen MR) is 66.5 cm³/mol. The quantitative estimate of drug-likeness (QED) is 0.634. The van der Waals surface area contributed by atoms with Crippen molar-refractivity contribution in [3.05, 3.63) is 22.2 Å². The Morgan fingerprint density at radius 1 is 1.47 bits per heavy atom. The average Bonchev–Trinajstić information content (AvgIpc) is 2.30. The Labute approximate surface area is 103 Å². The molecular weight excluding hydrogens is 242 g/mol. The highest BCUT2D eigenvalue weighted by atomic mass is 32.2. The predicted octanol–water partition coefficient (Wildman–Crippen LogP) is 2.00. The normalized spacial score (nSPS) is 16.7. The number of thioether (sulfide) groups is 1. The zero-order valence-corrected chi connectivity index (χ0v) is 9.94. The van der Waals surface area contributed by atoms with Crippen molar-refractivity contribution >= 4 is 23.3 Å². The molecule has 0 atom stereocenters. The standard InChI is InChI=1S/C10H13N3O3S/c14-9-2-1-8(13(15)16)10(12-9)11-7-3-5-17-6-4-7/h1-2,7H,3-6H2,(H2,11,12,14). The van der Waals surface area contributed by atoms with Crippen molar-refractivity contribution in [2.75, 3.05) is 16.8 Å². The Morgan fingerprint density at radius 3 is 2.82 bits per heavy atom. The van der Waals surface area contributed by atoms with Crippen LogP contribution in [-0.4, -0.2) is 32.6 Å². The molecule has 2 heterocycles. The van der Waals surface area contributed by atoms with E-state index in [-0.39, 0.29) is 23.4 Å². The van der Waals surface area contributed by atoms with Gasteiger partial charge in [-0.15, -0.1) is 0 Å². The first kappa shape index (κ1) is 12.0. The number of nitrogens with one attached hydrogen (secondary N) is 1. The van der Waals surface area contributed by atoms with Crippen LogP contribution in [0.1, 0.15) is 12.8 Å². The molecule has 0 saturated carbocycles. The number of anilines is 1. The van der Waals surface area contributed by atoms with Gasteiger partial charge in [0.25, 0.3) is 0 Å². The van der Waals surface area contributed by atoms with E-state index in [1.165, 1.54) is 12.1 Å². The molecule has 2 rings (SSSR count). The molecule has 0 aliphatic carbocycles. The first-order chi connectivity index (χ1) is 8.16. The zero-order chi connectivity index (χ0) is 12.3. The smallest absolute Gasteiger partial charge is 0.311 e. The molecule has 0 radical (unpaired) electrons. The molecule has 0 unspecified atom stereocenters. The van der Waals surface area contributed by atoms with Gasteiger partial charge in [-0.2, -0.15) is 16.7 Å². The maximum Gasteiger partial charge on any atom is 0.311 e. The van der Waals surface area contributed by atoms with E-state index >= 15 is 0 Å². The van der Waals surface area contributed by atoms with E-state index in [1.54, 1.807) is 0 Å². The fourth-order valence-corrected chi connectivity index (χ4v) is 2.84. The summed E-state index contributed by atoms with van der Waals surface area (Å²) >= 11 is 1.88. The lowest BCUT2D eigenvalue weighted by Gasteiger charge is -2.22. The van der Waals surface area contributed by atoms with Crippen LogP contribution in [0.25, 0.3) is 0 Å². The fourth-order valence-electron chi connectivity index (χ4n) is 1.73. The van der Waals surface area contributed by atoms with Crippen molar-refractivity contribution in [1.82, 2.24) is 4.98 Å². The molecule has 0 bridgehead atoms. The van der Waals surface area contributed by atoms with Gasteiger partial charge in [0.2, 0.25) is 11.7 Å². The van der Waals surface area contributed by atoms with E-state index in [0.717, 1.165) is 24.3 Å². The number of nitrogens with zero attached hydrogens (tertiary/aromatic N) is 2. The van der Waals surface area contributed by atoms with Gasteiger partial charge in [0.05, 0.1) is 4.92 Å². The number of nitro groups is 1. The van der Waals surface area contributed by atoms with Crippen LogP contribution in [0, 0.1) is 10.1 Å². The summed E-state index contributed by atoms with van der Waals surface area (Å²) in [6.45, 7) is 0. The maximum absolute atomic E-state index is 10.8. The second-order valence-corrected chi connectivity index (χ2v) is 5.05. The van der Waals surface area contributed by atoms with E-state index in [1.807, 2.05) is 11.8 Å². The molecule has 2 N–H and O–H groups in total. The van der Waals surface area contributed by atoms with Crippen molar-refractivity contribution in [3.8, 4) is 5.88 Å². The summed E-state index contributed by atoms with van der Waals surface area (Å²) in [6.07, 6.45) is 1.91. The lowest BCUT2D eigenvalue weighted by molar-refractivity contribution is -0.384. The van der Waals surface area contributed by atoms with Crippen LogP contribution in [-0.2, 0) is 0 Å². The van der Waals surface area contributed by atoms with E-state index in [0.29, 0.717) is 0 Å². The average molecular weight is 255 g/mol. The minimum atomic E-state index is -0.494. The molecular formula is C10H13N3O3S. The first-order valence-corrected chi connectivity index (χ1v) is 6.51. The van der Waals surface area contributed by atoms with Crippen LogP contribution >= 0.6 is 11.8 Å². The second kappa shape index (κ2) is 5.22. The van der Waals surface area contributed by atoms with Crippen LogP contribution in [0.3, 0.4) is 0 Å². The number of hydrogen-bond acceptors (Lipinski definition) is 6. The van der Waals surface area contributed by atoms with Crippen molar-refractivity contribution in [2.45, 2.75) is 18.9 Å². The van der Waals surface area contributed by atoms with E-state index in [9.17, 15) is 15.2 Å². The monoisotopic (exact) mass is 255 g/mol. The molecule has 1 aromatic rings. The summed E-state index contributed by atoms with van der Waals surface area (Å²) in [5, 5.41) is 23.1. The highest BCUT2D eigenvalue weighted by Gasteiger charge is 2.20. The fraction of sp³-hybridized carbons (Fsp3) is 0.500. The summed E-state index contributed by atoms with van der Waals surface area (Å²) < 4.78 is 0. The van der Waals surface area contributed by atoms with Gasteiger partial charge in [-0.3, -0.25) is 10.1 Å². The molecule has 0 aromatic carbocycles. The number of aromatic hydroxyl groups is 1. The summed E-state index contributed by atoms with van der Waals surface area (Å²) in [5.74, 6) is 2.05. The van der Waals surface area contributed by atoms with Crippen LogP contribution in [0.4, 0.5) is 11.5 Å². The van der Waals surface area contributed by atoms with Crippen molar-refractivity contribution in [2.24, 2.45) is 0 Å². The molecule has 0 amide bonds. The highest BCUT2D eigenvalue weighted by molar-refractivity contribution is 7.99. The van der Waals surface area contributed by atoms with Gasteiger partial charge >= 0.3 is 5.69 Å². The molecule has 6 nitrogen and oxygen atoms in total. The lowest BCUT2D eigenvalue weighted by atomic mass is 10.1. The van der Waals surface area contributed by atoms with Gasteiger partial charge < -0.3 is 10.4 Å². The summed E-state index contributed by atoms with van der Waals surface area (Å²) in [5.41, 5.74) is -0.0963. The largest absolute Gasteiger partial charge is 0.493 e. The molecule has 17 heavy (non-hydrogen) atoms. The van der Waals surface area contributed by atoms with Gasteiger partial charge in [-0.1, -0.05) is 0 Å². The number of pyridine rings is 1. The Balaban J connectivity index is 2.17. The molecule has 1 aromatic heterocycles. The molecule has 1 aliphatic rings. The molecule has 92 valence electrons. The van der Waals surface area contributed by atoms with Crippen LogP contribution in [0.15, 0.2) is 12.1 Å². The SMILES string of the molecule is O=[N+]([O-])c1ccc(O)nc1NC1CCSCC1. The third-order valence-corrected chi connectivity index (χ3v) is 3.67. The Kier molecular flexibility index (Phi) is 3.68. The van der Waals surface area contributed by atoms with Crippen LogP contribution < -0.4 is 5.32 Å². The first-order valence-electron chi connectivity index (χ1n) is 5.35. The van der Waals surface area contributed by atoms with Crippen molar-refractivity contribution in [1.29, 1.82) is 0 Å². The molecule has 1 aliphatic heterocycles. The van der Waals surface area contributed by atoms with Gasteiger partial charge in [0, 0.05) is 18.2 Å². The molecule has 1 fully saturated rings. The van der Waals surface area contributed by atoms with Crippen molar-refractivity contribution < 1.29 is 10.0 Å². The third kappa shape index (κ3) is 3.00. The summed E-state index contributed by atoms with van der Waals surface area (Å²) in [6, 6.07) is 2.69. The van der Waals surface area contributed by atoms with Gasteiger partial charge in [-0.05, 0) is 24.3 Å². The Bertz CT molecular complexity index is 421. The third-order valence-electron chi connectivity index (χ3n) is 2.62. The number of aromatic nitrogens is 1. The van der Waals surface area contributed by atoms with Crippen LogP contribution in [0.2, 0.25) is 0 Å². The lowest BCUT2D eigenvalue weighted by Crippen LogP contribution is -2.25. The Hall–Kier alpha value is -1.50. The highest BCUT2D eigenvalue weighted by Crippen LogP contribution is 2.27. The molecule has 0 spiro atoms. The maximum atomic E-state index is 10.8.